The summed E-state index contributed by atoms with van der Waals surface area (Å²) in [5, 5.41) is 20.9. The van der Waals surface area contributed by atoms with Crippen molar-refractivity contribution in [2.24, 2.45) is 0 Å². The number of halogens is 1. The molecular formula is C20H21ClN4O4S. The smallest absolute Gasteiger partial charge is 0.273 e. The first kappa shape index (κ1) is 22.1. The van der Waals surface area contributed by atoms with Crippen LogP contribution in [-0.2, 0) is 11.3 Å². The average Bonchev–Trinajstić information content (AvgIpc) is 3.14. The van der Waals surface area contributed by atoms with E-state index in [9.17, 15) is 10.1 Å². The van der Waals surface area contributed by atoms with E-state index >= 15 is 0 Å². The predicted octanol–water partition coefficient (Wildman–Crippen LogP) is 4.71. The number of methoxy groups -OCH3 is 1. The zero-order valence-electron chi connectivity index (χ0n) is 16.4. The van der Waals surface area contributed by atoms with Crippen LogP contribution in [0.15, 0.2) is 53.7 Å². The van der Waals surface area contributed by atoms with E-state index in [4.69, 9.17) is 21.1 Å². The van der Waals surface area contributed by atoms with Crippen molar-refractivity contribution in [3.63, 3.8) is 0 Å². The Labute approximate surface area is 183 Å². The SMILES string of the molecule is COCCCn1c(SCCOc2cccc([N+](=O)[O-])c2)nnc1-c1ccccc1Cl. The third-order valence-corrected chi connectivity index (χ3v) is 5.43. The van der Waals surface area contributed by atoms with Gasteiger partial charge in [-0.15, -0.1) is 10.2 Å². The van der Waals surface area contributed by atoms with Crippen LogP contribution in [0.3, 0.4) is 0 Å². The highest BCUT2D eigenvalue weighted by Crippen LogP contribution is 2.29. The van der Waals surface area contributed by atoms with Gasteiger partial charge in [-0.3, -0.25) is 10.1 Å². The van der Waals surface area contributed by atoms with Crippen LogP contribution in [0, 0.1) is 10.1 Å². The van der Waals surface area contributed by atoms with Crippen LogP contribution in [-0.4, -0.2) is 45.8 Å². The minimum absolute atomic E-state index is 0.00224. The van der Waals surface area contributed by atoms with Crippen molar-refractivity contribution in [3.05, 3.63) is 63.7 Å². The highest BCUT2D eigenvalue weighted by Gasteiger charge is 2.16. The van der Waals surface area contributed by atoms with E-state index in [-0.39, 0.29) is 5.69 Å². The van der Waals surface area contributed by atoms with Crippen molar-refractivity contribution in [2.45, 2.75) is 18.1 Å². The molecule has 0 amide bonds. The van der Waals surface area contributed by atoms with Gasteiger partial charge in [0.1, 0.15) is 5.75 Å². The van der Waals surface area contributed by atoms with Gasteiger partial charge in [0.2, 0.25) is 0 Å². The number of benzene rings is 2. The number of rotatable bonds is 11. The van der Waals surface area contributed by atoms with Gasteiger partial charge in [0.05, 0.1) is 22.6 Å². The van der Waals surface area contributed by atoms with E-state index in [2.05, 4.69) is 10.2 Å². The number of non-ortho nitro benzene ring substituents is 1. The van der Waals surface area contributed by atoms with Crippen LogP contribution >= 0.6 is 23.4 Å². The van der Waals surface area contributed by atoms with Gasteiger partial charge >= 0.3 is 0 Å². The summed E-state index contributed by atoms with van der Waals surface area (Å²) < 4.78 is 12.8. The first-order valence-corrected chi connectivity index (χ1v) is 10.6. The molecule has 3 aromatic rings. The number of nitro benzene ring substituents is 1. The van der Waals surface area contributed by atoms with Gasteiger partial charge in [0.15, 0.2) is 11.0 Å². The molecule has 10 heteroatoms. The standard InChI is InChI=1S/C20H21ClN4O4S/c1-28-11-5-10-24-19(17-8-2-3-9-18(17)21)22-23-20(24)30-13-12-29-16-7-4-6-15(14-16)25(26)27/h2-4,6-9,14H,5,10-13H2,1H3. The first-order chi connectivity index (χ1) is 14.6. The average molecular weight is 449 g/mol. The quantitative estimate of drug-likeness (QED) is 0.181. The lowest BCUT2D eigenvalue weighted by molar-refractivity contribution is -0.384. The molecule has 0 spiro atoms. The lowest BCUT2D eigenvalue weighted by Crippen LogP contribution is -2.07. The summed E-state index contributed by atoms with van der Waals surface area (Å²) >= 11 is 7.85. The molecule has 0 saturated heterocycles. The highest BCUT2D eigenvalue weighted by atomic mass is 35.5. The molecule has 0 radical (unpaired) electrons. The second kappa shape index (κ2) is 11.0. The van der Waals surface area contributed by atoms with E-state index in [1.165, 1.54) is 23.9 Å². The number of hydrogen-bond donors (Lipinski definition) is 0. The second-order valence-corrected chi connectivity index (χ2v) is 7.70. The Bertz CT molecular complexity index is 998. The maximum absolute atomic E-state index is 10.9. The molecule has 0 saturated carbocycles. The summed E-state index contributed by atoms with van der Waals surface area (Å²) in [6.07, 6.45) is 0.809. The molecule has 1 aromatic heterocycles. The molecule has 0 aliphatic rings. The molecule has 0 N–H and O–H groups in total. The summed E-state index contributed by atoms with van der Waals surface area (Å²) in [6, 6.07) is 13.7. The van der Waals surface area contributed by atoms with Crippen molar-refractivity contribution >= 4 is 29.1 Å². The fourth-order valence-corrected chi connectivity index (χ4v) is 3.79. The van der Waals surface area contributed by atoms with Crippen LogP contribution < -0.4 is 4.74 Å². The lowest BCUT2D eigenvalue weighted by atomic mass is 10.2. The molecule has 0 bridgehead atoms. The van der Waals surface area contributed by atoms with Crippen LogP contribution in [0.1, 0.15) is 6.42 Å². The van der Waals surface area contributed by atoms with Gasteiger partial charge in [-0.25, -0.2) is 0 Å². The number of thioether (sulfide) groups is 1. The number of nitrogens with zero attached hydrogens (tertiary/aromatic N) is 4. The molecule has 0 unspecified atom stereocenters. The Kier molecular flexibility index (Phi) is 8.06. The summed E-state index contributed by atoms with van der Waals surface area (Å²) in [4.78, 5) is 10.4. The molecule has 3 rings (SSSR count). The normalized spacial score (nSPS) is 10.9. The van der Waals surface area contributed by atoms with Crippen molar-refractivity contribution in [1.29, 1.82) is 0 Å². The van der Waals surface area contributed by atoms with Gasteiger partial charge in [-0.2, -0.15) is 0 Å². The van der Waals surface area contributed by atoms with E-state index in [0.717, 1.165) is 17.1 Å². The van der Waals surface area contributed by atoms with Gasteiger partial charge in [0.25, 0.3) is 5.69 Å². The lowest BCUT2D eigenvalue weighted by Gasteiger charge is -2.11. The van der Waals surface area contributed by atoms with E-state index in [0.29, 0.717) is 42.1 Å². The first-order valence-electron chi connectivity index (χ1n) is 9.27. The summed E-state index contributed by atoms with van der Waals surface area (Å²) in [6.45, 7) is 1.69. The second-order valence-electron chi connectivity index (χ2n) is 6.24. The van der Waals surface area contributed by atoms with Crippen LogP contribution in [0.2, 0.25) is 5.02 Å². The summed E-state index contributed by atoms with van der Waals surface area (Å²) in [5.74, 6) is 1.77. The van der Waals surface area contributed by atoms with Gasteiger partial charge in [0, 0.05) is 37.6 Å². The summed E-state index contributed by atoms with van der Waals surface area (Å²) in [7, 11) is 1.67. The van der Waals surface area contributed by atoms with Crippen LogP contribution in [0.25, 0.3) is 11.4 Å². The molecule has 0 aliphatic carbocycles. The summed E-state index contributed by atoms with van der Waals surface area (Å²) in [5.41, 5.74) is 0.825. The Morgan fingerprint density at radius 2 is 2.00 bits per heavy atom. The van der Waals surface area contributed by atoms with Crippen LogP contribution in [0.4, 0.5) is 5.69 Å². The third kappa shape index (κ3) is 5.71. The van der Waals surface area contributed by atoms with Crippen molar-refractivity contribution in [2.75, 3.05) is 26.1 Å². The van der Waals surface area contributed by atoms with Crippen LogP contribution in [0.5, 0.6) is 5.75 Å². The zero-order valence-corrected chi connectivity index (χ0v) is 17.9. The minimum atomic E-state index is -0.444. The largest absolute Gasteiger partial charge is 0.492 e. The molecule has 0 atom stereocenters. The number of aromatic nitrogens is 3. The predicted molar refractivity (Wildman–Crippen MR) is 116 cm³/mol. The maximum atomic E-state index is 10.9. The molecular weight excluding hydrogens is 428 g/mol. The Balaban J connectivity index is 1.67. The van der Waals surface area contributed by atoms with Crippen molar-refractivity contribution in [3.8, 4) is 17.1 Å². The van der Waals surface area contributed by atoms with Crippen molar-refractivity contribution in [1.82, 2.24) is 14.8 Å². The maximum Gasteiger partial charge on any atom is 0.273 e. The van der Waals surface area contributed by atoms with E-state index < -0.39 is 4.92 Å². The number of nitro groups is 1. The zero-order chi connectivity index (χ0) is 21.3. The van der Waals surface area contributed by atoms with Gasteiger partial charge < -0.3 is 14.0 Å². The third-order valence-electron chi connectivity index (χ3n) is 4.17. The molecule has 0 aliphatic heterocycles. The Morgan fingerprint density at radius 1 is 1.17 bits per heavy atom. The Hall–Kier alpha value is -2.62. The van der Waals surface area contributed by atoms with E-state index in [1.54, 1.807) is 19.2 Å². The minimum Gasteiger partial charge on any atom is -0.492 e. The highest BCUT2D eigenvalue weighted by molar-refractivity contribution is 7.99. The molecule has 8 nitrogen and oxygen atoms in total. The topological polar surface area (TPSA) is 92.3 Å². The molecule has 158 valence electrons. The van der Waals surface area contributed by atoms with E-state index in [1.807, 2.05) is 28.8 Å². The Morgan fingerprint density at radius 3 is 2.77 bits per heavy atom. The van der Waals surface area contributed by atoms with Gasteiger partial charge in [-0.1, -0.05) is 41.6 Å². The van der Waals surface area contributed by atoms with Gasteiger partial charge in [-0.05, 0) is 24.6 Å². The molecule has 2 aromatic carbocycles. The fourth-order valence-electron chi connectivity index (χ4n) is 2.79. The monoisotopic (exact) mass is 448 g/mol. The number of hydrogen-bond acceptors (Lipinski definition) is 7. The number of ether oxygens (including phenoxy) is 2. The van der Waals surface area contributed by atoms with Crippen molar-refractivity contribution < 1.29 is 14.4 Å². The molecule has 1 heterocycles. The fraction of sp³-hybridized carbons (Fsp3) is 0.300. The molecule has 30 heavy (non-hydrogen) atoms. The molecule has 0 fully saturated rings.